The van der Waals surface area contributed by atoms with E-state index in [1.807, 2.05) is 17.2 Å². The zero-order chi connectivity index (χ0) is 17.0. The molecule has 0 atom stereocenters. The zero-order valence-electron chi connectivity index (χ0n) is 11.8. The first-order valence-corrected chi connectivity index (χ1v) is 8.91. The van der Waals surface area contributed by atoms with Gasteiger partial charge in [-0.05, 0) is 31.2 Å². The Morgan fingerprint density at radius 1 is 1.04 bits per heavy atom. The van der Waals surface area contributed by atoms with Crippen LogP contribution < -0.4 is 15.6 Å². The van der Waals surface area contributed by atoms with E-state index in [1.165, 1.54) is 12.1 Å². The minimum Gasteiger partial charge on any atom is -0.318 e. The molecule has 0 aliphatic carbocycles. The van der Waals surface area contributed by atoms with Gasteiger partial charge in [0.2, 0.25) is 0 Å². The Morgan fingerprint density at radius 2 is 1.70 bits per heavy atom. The smallest absolute Gasteiger partial charge is 0.318 e. The van der Waals surface area contributed by atoms with E-state index in [9.17, 15) is 18.0 Å². The van der Waals surface area contributed by atoms with Crippen molar-refractivity contribution in [2.45, 2.75) is 11.1 Å². The SMILES string of the molecule is Cc1ccc(NC(=O)C(=O)NNS(=O)(=O)c2ccc(Cl)s2)cc1. The predicted octanol–water partition coefficient (Wildman–Crippen LogP) is 1.66. The Hall–Kier alpha value is -1.94. The van der Waals surface area contributed by atoms with Crippen molar-refractivity contribution in [1.82, 2.24) is 10.3 Å². The first-order valence-electron chi connectivity index (χ1n) is 6.23. The van der Waals surface area contributed by atoms with Gasteiger partial charge in [-0.2, -0.15) is 0 Å². The van der Waals surface area contributed by atoms with Crippen molar-refractivity contribution >= 4 is 50.5 Å². The monoisotopic (exact) mass is 373 g/mol. The second kappa shape index (κ2) is 7.09. The molecule has 1 aromatic carbocycles. The van der Waals surface area contributed by atoms with Gasteiger partial charge in [-0.3, -0.25) is 15.0 Å². The van der Waals surface area contributed by atoms with Crippen LogP contribution in [0.2, 0.25) is 4.34 Å². The number of rotatable bonds is 4. The Kier molecular flexibility index (Phi) is 5.37. The molecule has 0 radical (unpaired) electrons. The van der Waals surface area contributed by atoms with Gasteiger partial charge in [0.15, 0.2) is 0 Å². The van der Waals surface area contributed by atoms with E-state index in [2.05, 4.69) is 5.32 Å². The van der Waals surface area contributed by atoms with Gasteiger partial charge >= 0.3 is 11.8 Å². The maximum absolute atomic E-state index is 11.9. The summed E-state index contributed by atoms with van der Waals surface area (Å²) in [6.45, 7) is 1.88. The number of anilines is 1. The van der Waals surface area contributed by atoms with Gasteiger partial charge in [0, 0.05) is 5.69 Å². The quantitative estimate of drug-likeness (QED) is 0.560. The van der Waals surface area contributed by atoms with Crippen LogP contribution in [0.4, 0.5) is 5.69 Å². The Morgan fingerprint density at radius 3 is 2.26 bits per heavy atom. The minimum absolute atomic E-state index is 0.0817. The number of hydrogen-bond donors (Lipinski definition) is 3. The maximum Gasteiger partial charge on any atom is 0.324 e. The predicted molar refractivity (Wildman–Crippen MR) is 87.6 cm³/mol. The number of sulfonamides is 1. The Labute approximate surface area is 141 Å². The van der Waals surface area contributed by atoms with Gasteiger partial charge in [0.1, 0.15) is 4.21 Å². The van der Waals surface area contributed by atoms with Gasteiger partial charge in [0.05, 0.1) is 4.34 Å². The summed E-state index contributed by atoms with van der Waals surface area (Å²) < 4.78 is 23.9. The Bertz CT molecular complexity index is 831. The minimum atomic E-state index is -3.97. The van der Waals surface area contributed by atoms with Gasteiger partial charge in [-0.25, -0.2) is 8.42 Å². The molecule has 0 saturated heterocycles. The Balaban J connectivity index is 1.93. The number of carbonyl (C=O) groups excluding carboxylic acids is 2. The summed E-state index contributed by atoms with van der Waals surface area (Å²) in [5, 5.41) is 2.34. The largest absolute Gasteiger partial charge is 0.324 e. The molecule has 0 unspecified atom stereocenters. The van der Waals surface area contributed by atoms with Crippen molar-refractivity contribution in [2.24, 2.45) is 0 Å². The highest BCUT2D eigenvalue weighted by Gasteiger charge is 2.20. The average molecular weight is 374 g/mol. The molecule has 0 aliphatic rings. The lowest BCUT2D eigenvalue weighted by Gasteiger charge is -2.07. The standard InChI is InChI=1S/C13H12ClN3O4S2/c1-8-2-4-9(5-3-8)15-12(18)13(19)16-17-23(20,21)11-7-6-10(14)22-11/h2-7,17H,1H3,(H,15,18)(H,16,19). The number of thiophene rings is 1. The third-order valence-corrected chi connectivity index (χ3v) is 5.60. The second-order valence-corrected chi connectivity index (χ2v) is 8.06. The van der Waals surface area contributed by atoms with E-state index in [0.29, 0.717) is 5.69 Å². The van der Waals surface area contributed by atoms with Crippen LogP contribution in [-0.2, 0) is 19.6 Å². The van der Waals surface area contributed by atoms with E-state index in [1.54, 1.807) is 24.3 Å². The van der Waals surface area contributed by atoms with Crippen LogP contribution in [0.15, 0.2) is 40.6 Å². The normalized spacial score (nSPS) is 11.0. The third-order valence-electron chi connectivity index (χ3n) is 2.63. The molecule has 0 aliphatic heterocycles. The van der Waals surface area contributed by atoms with Crippen LogP contribution in [0.1, 0.15) is 5.56 Å². The molecule has 2 amide bonds. The fraction of sp³-hybridized carbons (Fsp3) is 0.0769. The first kappa shape index (κ1) is 17.4. The first-order chi connectivity index (χ1) is 10.8. The lowest BCUT2D eigenvalue weighted by Crippen LogP contribution is -2.46. The molecule has 7 nitrogen and oxygen atoms in total. The highest BCUT2D eigenvalue weighted by atomic mass is 35.5. The summed E-state index contributed by atoms with van der Waals surface area (Å²) >= 11 is 6.48. The van der Waals surface area contributed by atoms with Crippen molar-refractivity contribution in [2.75, 3.05) is 5.32 Å². The van der Waals surface area contributed by atoms with Crippen molar-refractivity contribution in [3.63, 3.8) is 0 Å². The number of hydrogen-bond acceptors (Lipinski definition) is 5. The molecule has 1 heterocycles. The average Bonchev–Trinajstić information content (AvgIpc) is 2.94. The number of amides is 2. The van der Waals surface area contributed by atoms with Crippen molar-refractivity contribution in [3.05, 3.63) is 46.3 Å². The molecule has 0 saturated carbocycles. The number of halogens is 1. The van der Waals surface area contributed by atoms with Crippen LogP contribution in [0.5, 0.6) is 0 Å². The molecule has 0 bridgehead atoms. The summed E-state index contributed by atoms with van der Waals surface area (Å²) in [6, 6.07) is 9.46. The molecule has 2 rings (SSSR count). The van der Waals surface area contributed by atoms with Gasteiger partial charge in [-0.1, -0.05) is 29.3 Å². The van der Waals surface area contributed by atoms with Crippen LogP contribution in [-0.4, -0.2) is 20.2 Å². The van der Waals surface area contributed by atoms with Crippen molar-refractivity contribution in [1.29, 1.82) is 0 Å². The summed E-state index contributed by atoms with van der Waals surface area (Å²) in [6.07, 6.45) is 0. The summed E-state index contributed by atoms with van der Waals surface area (Å²) in [5.74, 6) is -2.14. The van der Waals surface area contributed by atoms with Crippen LogP contribution in [0.25, 0.3) is 0 Å². The molecule has 2 aromatic rings. The zero-order valence-corrected chi connectivity index (χ0v) is 14.2. The molecule has 122 valence electrons. The molecular formula is C13H12ClN3O4S2. The van der Waals surface area contributed by atoms with E-state index < -0.39 is 21.8 Å². The lowest BCUT2D eigenvalue weighted by molar-refractivity contribution is -0.136. The second-order valence-electron chi connectivity index (χ2n) is 4.44. The lowest BCUT2D eigenvalue weighted by atomic mass is 10.2. The molecule has 0 fully saturated rings. The van der Waals surface area contributed by atoms with Crippen LogP contribution >= 0.6 is 22.9 Å². The fourth-order valence-corrected chi connectivity index (χ4v) is 3.81. The summed E-state index contributed by atoms with van der Waals surface area (Å²) in [4.78, 5) is 25.1. The van der Waals surface area contributed by atoms with Crippen LogP contribution in [0, 0.1) is 6.92 Å². The number of aryl methyl sites for hydroxylation is 1. The van der Waals surface area contributed by atoms with E-state index >= 15 is 0 Å². The van der Waals surface area contributed by atoms with Gasteiger partial charge in [-0.15, -0.1) is 16.2 Å². The number of benzene rings is 1. The van der Waals surface area contributed by atoms with Crippen molar-refractivity contribution < 1.29 is 18.0 Å². The number of carbonyl (C=O) groups is 2. The fourth-order valence-electron chi connectivity index (χ4n) is 1.49. The third kappa shape index (κ3) is 4.76. The van der Waals surface area contributed by atoms with Gasteiger partial charge in [0.25, 0.3) is 10.0 Å². The summed E-state index contributed by atoms with van der Waals surface area (Å²) in [7, 11) is -3.97. The molecule has 23 heavy (non-hydrogen) atoms. The maximum atomic E-state index is 11.9. The van der Waals surface area contributed by atoms with E-state index in [0.717, 1.165) is 16.9 Å². The molecular weight excluding hydrogens is 362 g/mol. The highest BCUT2D eigenvalue weighted by molar-refractivity contribution is 7.91. The molecule has 10 heteroatoms. The highest BCUT2D eigenvalue weighted by Crippen LogP contribution is 2.24. The van der Waals surface area contributed by atoms with Crippen LogP contribution in [0.3, 0.4) is 0 Å². The molecule has 3 N–H and O–H groups in total. The molecule has 1 aromatic heterocycles. The van der Waals surface area contributed by atoms with E-state index in [4.69, 9.17) is 11.6 Å². The number of nitrogens with one attached hydrogen (secondary N) is 3. The number of hydrazine groups is 1. The van der Waals surface area contributed by atoms with E-state index in [-0.39, 0.29) is 8.55 Å². The summed E-state index contributed by atoms with van der Waals surface area (Å²) in [5.41, 5.74) is 3.25. The van der Waals surface area contributed by atoms with Gasteiger partial charge < -0.3 is 5.32 Å². The topological polar surface area (TPSA) is 104 Å². The van der Waals surface area contributed by atoms with Crippen molar-refractivity contribution in [3.8, 4) is 0 Å². The molecule has 0 spiro atoms.